The number of nitrogens with one attached hydrogen (secondary N) is 2. The molecule has 5 rings (SSSR count). The second-order valence-electron chi connectivity index (χ2n) is 8.40. The summed E-state index contributed by atoms with van der Waals surface area (Å²) in [4.78, 5) is 11.6. The Bertz CT molecular complexity index is 1180. The Morgan fingerprint density at radius 2 is 2.23 bits per heavy atom. The Morgan fingerprint density at radius 3 is 3.03 bits per heavy atom. The lowest BCUT2D eigenvalue weighted by molar-refractivity contribution is 0.00571. The standard InChI is InChI=1S/C21H26N8OS/c1-14-11-29-17(15-8-23-24-9-15)10-22-20(29)19(25-14)26-18-7-16(27-31-18)12-28-6-4-3-5-21(28,2)13-30/h7-11,30H,3-6,12-13H2,1-2H3,(H,23,24)(H,25,26)/t21-/m1/s1. The number of rotatable bonds is 6. The van der Waals surface area contributed by atoms with Crippen LogP contribution >= 0.6 is 11.5 Å². The molecule has 162 valence electrons. The predicted octanol–water partition coefficient (Wildman–Crippen LogP) is 3.36. The van der Waals surface area contributed by atoms with E-state index in [1.54, 1.807) is 6.20 Å². The van der Waals surface area contributed by atoms with Crippen molar-refractivity contribution in [3.05, 3.63) is 42.2 Å². The smallest absolute Gasteiger partial charge is 0.180 e. The molecule has 31 heavy (non-hydrogen) atoms. The van der Waals surface area contributed by atoms with Crippen molar-refractivity contribution in [3.63, 3.8) is 0 Å². The topological polar surface area (TPSA) is 107 Å². The number of fused-ring (bicyclic) bond motifs is 1. The van der Waals surface area contributed by atoms with Crippen LogP contribution < -0.4 is 5.32 Å². The molecule has 0 aliphatic carbocycles. The second kappa shape index (κ2) is 8.03. The number of aliphatic hydroxyl groups is 1. The lowest BCUT2D eigenvalue weighted by atomic mass is 9.89. The van der Waals surface area contributed by atoms with Crippen LogP contribution in [0, 0.1) is 6.92 Å². The predicted molar refractivity (Wildman–Crippen MR) is 120 cm³/mol. The Labute approximate surface area is 184 Å². The molecule has 1 saturated heterocycles. The number of hydrogen-bond acceptors (Lipinski definition) is 8. The number of aliphatic hydroxyl groups excluding tert-OH is 1. The molecule has 1 aliphatic heterocycles. The van der Waals surface area contributed by atoms with Gasteiger partial charge in [0.05, 0.1) is 36.1 Å². The van der Waals surface area contributed by atoms with Crippen molar-refractivity contribution in [2.75, 3.05) is 18.5 Å². The molecule has 0 saturated carbocycles. The quantitative estimate of drug-likeness (QED) is 0.424. The third kappa shape index (κ3) is 3.82. The number of nitrogens with zero attached hydrogens (tertiary/aromatic N) is 6. The number of likely N-dealkylation sites (tertiary alicyclic amines) is 1. The number of H-pyrrole nitrogens is 1. The molecule has 1 atom stereocenters. The van der Waals surface area contributed by atoms with Gasteiger partial charge in [-0.05, 0) is 50.8 Å². The molecule has 1 aliphatic rings. The number of aryl methyl sites for hydroxylation is 1. The van der Waals surface area contributed by atoms with Gasteiger partial charge in [-0.25, -0.2) is 9.97 Å². The summed E-state index contributed by atoms with van der Waals surface area (Å²) < 4.78 is 6.67. The molecule has 3 N–H and O–H groups in total. The molecular weight excluding hydrogens is 412 g/mol. The zero-order chi connectivity index (χ0) is 21.4. The summed E-state index contributed by atoms with van der Waals surface area (Å²) in [5, 5.41) is 21.1. The van der Waals surface area contributed by atoms with E-state index in [4.69, 9.17) is 0 Å². The van der Waals surface area contributed by atoms with Crippen LogP contribution in [0.25, 0.3) is 16.9 Å². The third-order valence-corrected chi connectivity index (χ3v) is 6.80. The van der Waals surface area contributed by atoms with E-state index in [0.29, 0.717) is 5.82 Å². The van der Waals surface area contributed by atoms with Gasteiger partial charge >= 0.3 is 0 Å². The van der Waals surface area contributed by atoms with Crippen LogP contribution in [-0.2, 0) is 6.54 Å². The minimum Gasteiger partial charge on any atom is -0.394 e. The van der Waals surface area contributed by atoms with E-state index in [1.807, 2.05) is 29.9 Å². The normalized spacial score (nSPS) is 19.8. The molecule has 1 fully saturated rings. The lowest BCUT2D eigenvalue weighted by Crippen LogP contribution is -2.51. The van der Waals surface area contributed by atoms with Gasteiger partial charge in [-0.1, -0.05) is 6.42 Å². The highest BCUT2D eigenvalue weighted by molar-refractivity contribution is 7.10. The van der Waals surface area contributed by atoms with Crippen molar-refractivity contribution >= 4 is 28.0 Å². The maximum absolute atomic E-state index is 9.90. The Morgan fingerprint density at radius 1 is 1.32 bits per heavy atom. The van der Waals surface area contributed by atoms with E-state index in [9.17, 15) is 5.11 Å². The molecule has 0 bridgehead atoms. The number of imidazole rings is 1. The summed E-state index contributed by atoms with van der Waals surface area (Å²) in [6, 6.07) is 2.07. The molecule has 0 radical (unpaired) electrons. The van der Waals surface area contributed by atoms with Crippen LogP contribution in [-0.4, -0.2) is 57.6 Å². The fourth-order valence-corrected chi connectivity index (χ4v) is 4.90. The highest BCUT2D eigenvalue weighted by Crippen LogP contribution is 2.31. The van der Waals surface area contributed by atoms with Crippen LogP contribution in [0.2, 0.25) is 0 Å². The Hall–Kier alpha value is -2.82. The van der Waals surface area contributed by atoms with E-state index in [1.165, 1.54) is 11.5 Å². The van der Waals surface area contributed by atoms with Crippen molar-refractivity contribution in [1.82, 2.24) is 33.8 Å². The van der Waals surface area contributed by atoms with Crippen molar-refractivity contribution in [1.29, 1.82) is 0 Å². The van der Waals surface area contributed by atoms with E-state index in [-0.39, 0.29) is 12.1 Å². The zero-order valence-electron chi connectivity index (χ0n) is 17.7. The summed E-state index contributed by atoms with van der Waals surface area (Å²) in [7, 11) is 0. The molecule has 5 heterocycles. The maximum atomic E-state index is 9.90. The number of hydrogen-bond donors (Lipinski definition) is 3. The van der Waals surface area contributed by atoms with Gasteiger partial charge in [0.25, 0.3) is 0 Å². The molecule has 0 amide bonds. The van der Waals surface area contributed by atoms with E-state index in [0.717, 1.165) is 65.6 Å². The Kier molecular flexibility index (Phi) is 5.20. The van der Waals surface area contributed by atoms with Crippen LogP contribution in [0.3, 0.4) is 0 Å². The van der Waals surface area contributed by atoms with Crippen molar-refractivity contribution < 1.29 is 5.11 Å². The molecular formula is C21H26N8OS. The summed E-state index contributed by atoms with van der Waals surface area (Å²) in [5.74, 6) is 0.697. The Balaban J connectivity index is 1.39. The summed E-state index contributed by atoms with van der Waals surface area (Å²) in [6.07, 6.45) is 10.8. The van der Waals surface area contributed by atoms with Gasteiger partial charge in [0.1, 0.15) is 5.00 Å². The highest BCUT2D eigenvalue weighted by atomic mass is 32.1. The van der Waals surface area contributed by atoms with Crippen molar-refractivity contribution in [2.24, 2.45) is 0 Å². The summed E-state index contributed by atoms with van der Waals surface area (Å²) >= 11 is 1.42. The van der Waals surface area contributed by atoms with Crippen LogP contribution in [0.4, 0.5) is 10.8 Å². The first-order valence-corrected chi connectivity index (χ1v) is 11.3. The molecule has 9 nitrogen and oxygen atoms in total. The van der Waals surface area contributed by atoms with Gasteiger partial charge in [0.15, 0.2) is 11.5 Å². The SMILES string of the molecule is Cc1cn2c(-c3cn[nH]c3)cnc2c(Nc2cc(CN3CCCC[C@]3(C)CO)ns2)n1. The fraction of sp³-hybridized carbons (Fsp3) is 0.429. The third-order valence-electron chi connectivity index (χ3n) is 6.06. The second-order valence-corrected chi connectivity index (χ2v) is 9.20. The number of piperidine rings is 1. The van der Waals surface area contributed by atoms with Crippen molar-refractivity contribution in [3.8, 4) is 11.3 Å². The number of aromatic nitrogens is 6. The van der Waals surface area contributed by atoms with Crippen LogP contribution in [0.5, 0.6) is 0 Å². The first kappa shape index (κ1) is 20.1. The van der Waals surface area contributed by atoms with Gasteiger partial charge in [0, 0.05) is 30.0 Å². The zero-order valence-corrected chi connectivity index (χ0v) is 18.5. The van der Waals surface area contributed by atoms with Gasteiger partial charge in [-0.15, -0.1) is 0 Å². The maximum Gasteiger partial charge on any atom is 0.180 e. The van der Waals surface area contributed by atoms with Crippen LogP contribution in [0.1, 0.15) is 37.6 Å². The minimum atomic E-state index is -0.168. The van der Waals surface area contributed by atoms with E-state index in [2.05, 4.69) is 47.7 Å². The van der Waals surface area contributed by atoms with E-state index >= 15 is 0 Å². The average Bonchev–Trinajstić information content (AvgIpc) is 3.50. The number of anilines is 2. The average molecular weight is 439 g/mol. The molecule has 4 aromatic rings. The van der Waals surface area contributed by atoms with E-state index < -0.39 is 0 Å². The minimum absolute atomic E-state index is 0.168. The summed E-state index contributed by atoms with van der Waals surface area (Å²) in [6.45, 7) is 6.00. The lowest BCUT2D eigenvalue weighted by Gasteiger charge is -2.43. The van der Waals surface area contributed by atoms with Crippen molar-refractivity contribution in [2.45, 2.75) is 45.2 Å². The molecule has 4 aromatic heterocycles. The molecule has 0 spiro atoms. The first-order valence-electron chi connectivity index (χ1n) is 10.5. The van der Waals surface area contributed by atoms with Crippen LogP contribution in [0.15, 0.2) is 30.9 Å². The first-order chi connectivity index (χ1) is 15.1. The number of aromatic amines is 1. The molecule has 0 unspecified atom stereocenters. The largest absolute Gasteiger partial charge is 0.394 e. The fourth-order valence-electron chi connectivity index (χ4n) is 4.24. The van der Waals surface area contributed by atoms with Gasteiger partial charge in [0.2, 0.25) is 0 Å². The van der Waals surface area contributed by atoms with Gasteiger partial charge in [-0.3, -0.25) is 14.4 Å². The van der Waals surface area contributed by atoms with Gasteiger partial charge < -0.3 is 10.4 Å². The monoisotopic (exact) mass is 438 g/mol. The highest BCUT2D eigenvalue weighted by Gasteiger charge is 2.34. The molecule has 10 heteroatoms. The summed E-state index contributed by atoms with van der Waals surface area (Å²) in [5.41, 5.74) is 4.39. The van der Waals surface area contributed by atoms with Gasteiger partial charge in [-0.2, -0.15) is 9.47 Å². The molecule has 0 aromatic carbocycles.